The van der Waals surface area contributed by atoms with Crippen molar-refractivity contribution in [1.29, 1.82) is 0 Å². The van der Waals surface area contributed by atoms with Gasteiger partial charge in [-0.15, -0.1) is 0 Å². The molecular formula is C17H18O2. The number of rotatable bonds is 1. The third-order valence-electron chi connectivity index (χ3n) is 5.14. The van der Waals surface area contributed by atoms with Gasteiger partial charge in [-0.25, -0.2) is 0 Å². The Morgan fingerprint density at radius 1 is 1.11 bits per heavy atom. The number of hydrogen-bond acceptors (Lipinski definition) is 2. The van der Waals surface area contributed by atoms with E-state index in [2.05, 4.69) is 30.3 Å². The third-order valence-corrected chi connectivity index (χ3v) is 5.14. The molecule has 0 unspecified atom stereocenters. The zero-order valence-electron chi connectivity index (χ0n) is 11.0. The lowest BCUT2D eigenvalue weighted by molar-refractivity contribution is -0.150. The second-order valence-corrected chi connectivity index (χ2v) is 6.20. The van der Waals surface area contributed by atoms with Gasteiger partial charge < -0.3 is 4.74 Å². The molecule has 1 aliphatic heterocycles. The predicted molar refractivity (Wildman–Crippen MR) is 73.3 cm³/mol. The average molecular weight is 254 g/mol. The fourth-order valence-electron chi connectivity index (χ4n) is 4.36. The van der Waals surface area contributed by atoms with E-state index in [-0.39, 0.29) is 11.6 Å². The average Bonchev–Trinajstić information content (AvgIpc) is 2.97. The maximum absolute atomic E-state index is 11.6. The summed E-state index contributed by atoms with van der Waals surface area (Å²) in [5.41, 5.74) is 2.59. The molecule has 0 amide bonds. The second kappa shape index (κ2) is 3.96. The topological polar surface area (TPSA) is 26.3 Å². The molecule has 1 aromatic rings. The third kappa shape index (κ3) is 1.66. The molecule has 2 heteroatoms. The zero-order valence-corrected chi connectivity index (χ0v) is 11.0. The lowest BCUT2D eigenvalue weighted by atomic mass is 9.86. The fraction of sp³-hybridized carbons (Fsp3) is 0.471. The molecule has 1 spiro atoms. The van der Waals surface area contributed by atoms with Gasteiger partial charge in [0, 0.05) is 18.3 Å². The van der Waals surface area contributed by atoms with Crippen LogP contribution in [0.3, 0.4) is 0 Å². The van der Waals surface area contributed by atoms with Crippen molar-refractivity contribution in [2.75, 3.05) is 0 Å². The van der Waals surface area contributed by atoms with Gasteiger partial charge in [-0.05, 0) is 24.8 Å². The minimum Gasteiger partial charge on any atom is -0.458 e. The molecule has 0 aromatic heterocycles. The second-order valence-electron chi connectivity index (χ2n) is 6.20. The van der Waals surface area contributed by atoms with Gasteiger partial charge in [0.25, 0.3) is 0 Å². The highest BCUT2D eigenvalue weighted by molar-refractivity contribution is 5.74. The summed E-state index contributed by atoms with van der Waals surface area (Å²) < 4.78 is 5.78. The summed E-state index contributed by atoms with van der Waals surface area (Å²) in [6.07, 6.45) is 7.41. The largest absolute Gasteiger partial charge is 0.458 e. The van der Waals surface area contributed by atoms with E-state index in [4.69, 9.17) is 4.74 Å². The molecule has 0 radical (unpaired) electrons. The molecule has 3 atom stereocenters. The Labute approximate surface area is 113 Å². The van der Waals surface area contributed by atoms with Crippen molar-refractivity contribution >= 4 is 12.0 Å². The smallest absolute Gasteiger partial charge is 0.306 e. The van der Waals surface area contributed by atoms with E-state index in [1.807, 2.05) is 6.07 Å². The van der Waals surface area contributed by atoms with Crippen molar-refractivity contribution in [2.45, 2.75) is 37.7 Å². The number of benzene rings is 1. The SMILES string of the molecule is O=C1C[C@@H]2CC[C@H]3C/C(=C/c4ccccc4)C[C@@]23O1. The number of esters is 1. The van der Waals surface area contributed by atoms with Crippen LogP contribution in [0.4, 0.5) is 0 Å². The van der Waals surface area contributed by atoms with E-state index < -0.39 is 0 Å². The van der Waals surface area contributed by atoms with Gasteiger partial charge in [0.1, 0.15) is 5.60 Å². The van der Waals surface area contributed by atoms with Crippen molar-refractivity contribution in [3.8, 4) is 0 Å². The quantitative estimate of drug-likeness (QED) is 0.716. The van der Waals surface area contributed by atoms with E-state index in [9.17, 15) is 4.79 Å². The van der Waals surface area contributed by atoms with Gasteiger partial charge in [-0.1, -0.05) is 42.0 Å². The van der Waals surface area contributed by atoms with Crippen LogP contribution in [0.15, 0.2) is 35.9 Å². The Kier molecular flexibility index (Phi) is 2.35. The molecule has 3 fully saturated rings. The lowest BCUT2D eigenvalue weighted by Gasteiger charge is -2.27. The Hall–Kier alpha value is -1.57. The van der Waals surface area contributed by atoms with Crippen LogP contribution >= 0.6 is 0 Å². The van der Waals surface area contributed by atoms with E-state index in [0.717, 1.165) is 12.8 Å². The van der Waals surface area contributed by atoms with Crippen LogP contribution in [0, 0.1) is 11.8 Å². The van der Waals surface area contributed by atoms with Crippen LogP contribution in [0.5, 0.6) is 0 Å². The number of carbonyl (C=O) groups is 1. The molecule has 19 heavy (non-hydrogen) atoms. The summed E-state index contributed by atoms with van der Waals surface area (Å²) in [5, 5.41) is 0. The molecule has 98 valence electrons. The van der Waals surface area contributed by atoms with Gasteiger partial charge in [0.15, 0.2) is 0 Å². The molecule has 2 aliphatic carbocycles. The molecule has 4 rings (SSSR count). The highest BCUT2D eigenvalue weighted by atomic mass is 16.6. The van der Waals surface area contributed by atoms with Crippen LogP contribution in [0.2, 0.25) is 0 Å². The number of carbonyl (C=O) groups excluding carboxylic acids is 1. The first-order chi connectivity index (χ1) is 9.26. The van der Waals surface area contributed by atoms with Gasteiger partial charge in [0.2, 0.25) is 0 Å². The van der Waals surface area contributed by atoms with Crippen LogP contribution < -0.4 is 0 Å². The van der Waals surface area contributed by atoms with Crippen LogP contribution in [0.25, 0.3) is 6.08 Å². The fourth-order valence-corrected chi connectivity index (χ4v) is 4.36. The molecule has 3 aliphatic rings. The Morgan fingerprint density at radius 3 is 2.63 bits per heavy atom. The highest BCUT2D eigenvalue weighted by Gasteiger charge is 2.60. The van der Waals surface area contributed by atoms with Crippen molar-refractivity contribution in [3.05, 3.63) is 41.5 Å². The Balaban J connectivity index is 1.64. The molecular weight excluding hydrogens is 236 g/mol. The van der Waals surface area contributed by atoms with Crippen molar-refractivity contribution < 1.29 is 9.53 Å². The molecule has 1 heterocycles. The van der Waals surface area contributed by atoms with Gasteiger partial charge in [0.05, 0.1) is 6.42 Å². The minimum absolute atomic E-state index is 0.0238. The zero-order chi connectivity index (χ0) is 12.9. The Bertz CT molecular complexity index is 546. The monoisotopic (exact) mass is 254 g/mol. The number of ether oxygens (including phenoxy) is 1. The summed E-state index contributed by atoms with van der Waals surface area (Å²) in [4.78, 5) is 11.6. The van der Waals surface area contributed by atoms with Gasteiger partial charge >= 0.3 is 5.97 Å². The first kappa shape index (κ1) is 11.3. The van der Waals surface area contributed by atoms with E-state index in [1.54, 1.807) is 0 Å². The van der Waals surface area contributed by atoms with Gasteiger partial charge in [-0.2, -0.15) is 0 Å². The van der Waals surface area contributed by atoms with E-state index in [1.165, 1.54) is 24.0 Å². The molecule has 1 saturated heterocycles. The molecule has 0 bridgehead atoms. The van der Waals surface area contributed by atoms with Crippen molar-refractivity contribution in [3.63, 3.8) is 0 Å². The van der Waals surface area contributed by atoms with Crippen LogP contribution in [-0.2, 0) is 9.53 Å². The van der Waals surface area contributed by atoms with Crippen molar-refractivity contribution in [2.24, 2.45) is 11.8 Å². The first-order valence-electron chi connectivity index (χ1n) is 7.22. The lowest BCUT2D eigenvalue weighted by Crippen LogP contribution is -2.33. The minimum atomic E-state index is -0.127. The summed E-state index contributed by atoms with van der Waals surface area (Å²) in [6, 6.07) is 10.4. The Morgan fingerprint density at radius 2 is 1.84 bits per heavy atom. The van der Waals surface area contributed by atoms with E-state index >= 15 is 0 Å². The molecule has 1 aromatic carbocycles. The normalized spacial score (nSPS) is 38.3. The summed E-state index contributed by atoms with van der Waals surface area (Å²) >= 11 is 0. The van der Waals surface area contributed by atoms with Gasteiger partial charge in [-0.3, -0.25) is 4.79 Å². The maximum atomic E-state index is 11.6. The summed E-state index contributed by atoms with van der Waals surface area (Å²) in [5.74, 6) is 1.07. The highest BCUT2D eigenvalue weighted by Crippen LogP contribution is 2.59. The van der Waals surface area contributed by atoms with Crippen LogP contribution in [0.1, 0.15) is 37.7 Å². The van der Waals surface area contributed by atoms with E-state index in [0.29, 0.717) is 18.3 Å². The first-order valence-corrected chi connectivity index (χ1v) is 7.22. The molecule has 2 saturated carbocycles. The van der Waals surface area contributed by atoms with Crippen molar-refractivity contribution in [1.82, 2.24) is 0 Å². The maximum Gasteiger partial charge on any atom is 0.306 e. The molecule has 0 N–H and O–H groups in total. The standard InChI is InChI=1S/C17H18O2/c18-16-10-15-7-6-14-9-13(11-17(14,15)19-16)8-12-4-2-1-3-5-12/h1-5,8,14-15H,6-7,9-11H2/b13-8-/t14-,15-,17-/m0/s1. The predicted octanol–water partition coefficient (Wildman–Crippen LogP) is 3.58. The van der Waals surface area contributed by atoms with Crippen LogP contribution in [-0.4, -0.2) is 11.6 Å². The summed E-state index contributed by atoms with van der Waals surface area (Å²) in [6.45, 7) is 0. The number of hydrogen-bond donors (Lipinski definition) is 0. The summed E-state index contributed by atoms with van der Waals surface area (Å²) in [7, 11) is 0. The molecule has 2 nitrogen and oxygen atoms in total.